The lowest BCUT2D eigenvalue weighted by molar-refractivity contribution is -0.153. The third kappa shape index (κ3) is 4.75. The molecule has 4 rings (SSSR count). The number of carbonyl (C=O) groups excluding carboxylic acids is 2. The molecule has 0 bridgehead atoms. The number of rotatable bonds is 3. The molecule has 10 heteroatoms. The highest BCUT2D eigenvalue weighted by Crippen LogP contribution is 2.54. The number of alkyl carbamates (subject to hydrolysis) is 1. The van der Waals surface area contributed by atoms with Crippen molar-refractivity contribution in [1.29, 1.82) is 0 Å². The molecule has 1 aliphatic carbocycles. The van der Waals surface area contributed by atoms with Gasteiger partial charge in [-0.2, -0.15) is 13.2 Å². The number of hydrogen-bond donors (Lipinski definition) is 1. The molecular weight excluding hydrogens is 439 g/mol. The Kier molecular flexibility index (Phi) is 5.77. The summed E-state index contributed by atoms with van der Waals surface area (Å²) in [6, 6.07) is 1.38. The number of ether oxygens (including phenoxy) is 2. The van der Waals surface area contributed by atoms with Gasteiger partial charge in [0.05, 0.1) is 11.6 Å². The van der Waals surface area contributed by atoms with Crippen molar-refractivity contribution in [3.63, 3.8) is 0 Å². The predicted octanol–water partition coefficient (Wildman–Crippen LogP) is 3.99. The van der Waals surface area contributed by atoms with Gasteiger partial charge in [0.15, 0.2) is 6.61 Å². The Hall–Kier alpha value is -2.52. The summed E-state index contributed by atoms with van der Waals surface area (Å²) < 4.78 is 47.6. The molecule has 7 nitrogen and oxygen atoms in total. The van der Waals surface area contributed by atoms with Crippen molar-refractivity contribution in [2.75, 3.05) is 6.61 Å². The average Bonchev–Trinajstić information content (AvgIpc) is 3.19. The van der Waals surface area contributed by atoms with E-state index in [-0.39, 0.29) is 29.7 Å². The van der Waals surface area contributed by atoms with E-state index in [1.165, 1.54) is 6.20 Å². The van der Waals surface area contributed by atoms with Gasteiger partial charge in [0.25, 0.3) is 0 Å². The van der Waals surface area contributed by atoms with E-state index in [1.807, 2.05) is 4.90 Å². The quantitative estimate of drug-likeness (QED) is 0.724. The Morgan fingerprint density at radius 2 is 2.06 bits per heavy atom. The van der Waals surface area contributed by atoms with Gasteiger partial charge in [-0.15, -0.1) is 0 Å². The van der Waals surface area contributed by atoms with Crippen LogP contribution >= 0.6 is 0 Å². The number of pyridine rings is 1. The van der Waals surface area contributed by atoms with Gasteiger partial charge in [-0.25, -0.2) is 4.79 Å². The minimum atomic E-state index is -4.43. The fourth-order valence-electron chi connectivity index (χ4n) is 5.49. The highest BCUT2D eigenvalue weighted by atomic mass is 19.4. The van der Waals surface area contributed by atoms with Crippen LogP contribution in [-0.4, -0.2) is 52.4 Å². The molecule has 1 aromatic rings. The fourth-order valence-corrected chi connectivity index (χ4v) is 5.49. The van der Waals surface area contributed by atoms with Gasteiger partial charge in [0, 0.05) is 30.7 Å². The molecule has 1 saturated carbocycles. The zero-order valence-electron chi connectivity index (χ0n) is 19.3. The molecule has 2 fully saturated rings. The van der Waals surface area contributed by atoms with Crippen molar-refractivity contribution in [3.05, 3.63) is 23.5 Å². The Labute approximate surface area is 191 Å². The molecule has 3 heterocycles. The van der Waals surface area contributed by atoms with Gasteiger partial charge < -0.3 is 19.7 Å². The molecule has 2 aliphatic heterocycles. The van der Waals surface area contributed by atoms with Crippen LogP contribution in [0, 0.1) is 11.3 Å². The SMILES string of the molecule is CC1C2Cc3ncc(OCC(F)(F)F)cc3CN2C(=O)[C@]12CC[C@@H](NC(=O)OC(C)(C)C)C2. The molecular formula is C23H30F3N3O4. The van der Waals surface area contributed by atoms with E-state index in [0.29, 0.717) is 37.8 Å². The lowest BCUT2D eigenvalue weighted by atomic mass is 9.73. The van der Waals surface area contributed by atoms with E-state index in [4.69, 9.17) is 9.47 Å². The second-order valence-corrected chi connectivity index (χ2v) is 10.4. The Morgan fingerprint density at radius 3 is 2.73 bits per heavy atom. The third-order valence-electron chi connectivity index (χ3n) is 6.99. The Morgan fingerprint density at radius 1 is 1.33 bits per heavy atom. The van der Waals surface area contributed by atoms with E-state index in [9.17, 15) is 22.8 Å². The summed E-state index contributed by atoms with van der Waals surface area (Å²) in [5, 5.41) is 2.91. The van der Waals surface area contributed by atoms with Gasteiger partial charge in [0.1, 0.15) is 11.4 Å². The van der Waals surface area contributed by atoms with Crippen LogP contribution in [0.15, 0.2) is 12.3 Å². The van der Waals surface area contributed by atoms with Crippen molar-refractivity contribution in [3.8, 4) is 5.75 Å². The van der Waals surface area contributed by atoms with Crippen LogP contribution in [0.3, 0.4) is 0 Å². The lowest BCUT2D eigenvalue weighted by Gasteiger charge is -2.32. The first-order chi connectivity index (χ1) is 15.3. The number of nitrogens with zero attached hydrogens (tertiary/aromatic N) is 2. The van der Waals surface area contributed by atoms with Crippen LogP contribution in [-0.2, 0) is 22.5 Å². The van der Waals surface area contributed by atoms with Crippen molar-refractivity contribution in [1.82, 2.24) is 15.2 Å². The van der Waals surface area contributed by atoms with Crippen LogP contribution < -0.4 is 10.1 Å². The second kappa shape index (κ2) is 8.06. The van der Waals surface area contributed by atoms with Crippen LogP contribution in [0.4, 0.5) is 18.0 Å². The molecule has 1 aromatic heterocycles. The second-order valence-electron chi connectivity index (χ2n) is 10.4. The molecule has 3 aliphatic rings. The minimum Gasteiger partial charge on any atom is -0.482 e. The largest absolute Gasteiger partial charge is 0.482 e. The molecule has 4 atom stereocenters. The highest BCUT2D eigenvalue weighted by Gasteiger charge is 2.60. The molecule has 1 saturated heterocycles. The molecule has 182 valence electrons. The van der Waals surface area contributed by atoms with Crippen molar-refractivity contribution in [2.45, 2.75) is 83.8 Å². The summed E-state index contributed by atoms with van der Waals surface area (Å²) in [7, 11) is 0. The summed E-state index contributed by atoms with van der Waals surface area (Å²) in [6.45, 7) is 6.39. The maximum atomic E-state index is 13.6. The highest BCUT2D eigenvalue weighted by molar-refractivity contribution is 5.87. The van der Waals surface area contributed by atoms with E-state index in [2.05, 4.69) is 17.2 Å². The number of carbonyl (C=O) groups is 2. The van der Waals surface area contributed by atoms with Crippen molar-refractivity contribution < 1.29 is 32.2 Å². The maximum absolute atomic E-state index is 13.6. The maximum Gasteiger partial charge on any atom is 0.422 e. The third-order valence-corrected chi connectivity index (χ3v) is 6.99. The van der Waals surface area contributed by atoms with Gasteiger partial charge in [-0.1, -0.05) is 6.92 Å². The van der Waals surface area contributed by atoms with Gasteiger partial charge in [-0.05, 0) is 57.6 Å². The predicted molar refractivity (Wildman–Crippen MR) is 112 cm³/mol. The first-order valence-electron chi connectivity index (χ1n) is 11.3. The molecule has 1 spiro atoms. The molecule has 33 heavy (non-hydrogen) atoms. The zero-order valence-corrected chi connectivity index (χ0v) is 19.3. The average molecular weight is 470 g/mol. The topological polar surface area (TPSA) is 80.8 Å². The first-order valence-corrected chi connectivity index (χ1v) is 11.3. The Bertz CT molecular complexity index is 946. The number of hydrogen-bond acceptors (Lipinski definition) is 5. The van der Waals surface area contributed by atoms with Crippen LogP contribution in [0.1, 0.15) is 58.2 Å². The standard InChI is InChI=1S/C23H30F3N3O4/c1-13-18-8-17-14(7-16(10-27-17)32-12-23(24,25)26)11-29(18)19(30)22(13)6-5-15(9-22)28-20(31)33-21(2,3)4/h7,10,13,15,18H,5-6,8-9,11-12H2,1-4H3,(H,28,31)/t13?,15-,18?,22+/m1/s1. The zero-order chi connectivity index (χ0) is 24.2. The van der Waals surface area contributed by atoms with Gasteiger partial charge in [0.2, 0.25) is 5.91 Å². The lowest BCUT2D eigenvalue weighted by Crippen LogP contribution is -2.41. The first kappa shape index (κ1) is 23.6. The van der Waals surface area contributed by atoms with Crippen LogP contribution in [0.2, 0.25) is 0 Å². The Balaban J connectivity index is 1.46. The van der Waals surface area contributed by atoms with Gasteiger partial charge in [-0.3, -0.25) is 9.78 Å². The summed E-state index contributed by atoms with van der Waals surface area (Å²) in [6.07, 6.45) is -1.14. The molecule has 0 radical (unpaired) electrons. The number of amides is 2. The van der Waals surface area contributed by atoms with Crippen molar-refractivity contribution >= 4 is 12.0 Å². The van der Waals surface area contributed by atoms with E-state index in [0.717, 1.165) is 5.69 Å². The molecule has 1 N–H and O–H groups in total. The summed E-state index contributed by atoms with van der Waals surface area (Å²) >= 11 is 0. The molecule has 2 amide bonds. The van der Waals surface area contributed by atoms with Gasteiger partial charge >= 0.3 is 12.3 Å². The van der Waals surface area contributed by atoms with Crippen molar-refractivity contribution in [2.24, 2.45) is 11.3 Å². The smallest absolute Gasteiger partial charge is 0.422 e. The van der Waals surface area contributed by atoms with E-state index < -0.39 is 29.9 Å². The number of fused-ring (bicyclic) bond motifs is 2. The summed E-state index contributed by atoms with van der Waals surface area (Å²) in [4.78, 5) is 31.9. The summed E-state index contributed by atoms with van der Waals surface area (Å²) in [5.41, 5.74) is 0.333. The normalized spacial score (nSPS) is 29.1. The minimum absolute atomic E-state index is 0.0280. The number of nitrogens with one attached hydrogen (secondary N) is 1. The fraction of sp³-hybridized carbons (Fsp3) is 0.696. The number of alkyl halides is 3. The number of aromatic nitrogens is 1. The van der Waals surface area contributed by atoms with E-state index >= 15 is 0 Å². The molecule has 2 unspecified atom stereocenters. The molecule has 0 aromatic carbocycles. The monoisotopic (exact) mass is 469 g/mol. The summed E-state index contributed by atoms with van der Waals surface area (Å²) in [5.74, 6) is 0.147. The van der Waals surface area contributed by atoms with Crippen LogP contribution in [0.25, 0.3) is 0 Å². The van der Waals surface area contributed by atoms with Crippen LogP contribution in [0.5, 0.6) is 5.75 Å². The van der Waals surface area contributed by atoms with E-state index in [1.54, 1.807) is 26.8 Å². The number of halogens is 3.